The molecule has 32 heavy (non-hydrogen) atoms. The molecule has 2 heterocycles. The topological polar surface area (TPSA) is 108 Å². The molecule has 0 radical (unpaired) electrons. The van der Waals surface area contributed by atoms with Gasteiger partial charge in [-0.05, 0) is 42.3 Å². The Morgan fingerprint density at radius 1 is 1.16 bits per heavy atom. The molecular formula is C23H24N4O5. The third-order valence-corrected chi connectivity index (χ3v) is 5.59. The van der Waals surface area contributed by atoms with E-state index in [1.165, 1.54) is 0 Å². The number of rotatable bonds is 6. The average molecular weight is 436 g/mol. The van der Waals surface area contributed by atoms with Gasteiger partial charge in [0.15, 0.2) is 0 Å². The summed E-state index contributed by atoms with van der Waals surface area (Å²) in [5.41, 5.74) is 2.90. The summed E-state index contributed by atoms with van der Waals surface area (Å²) in [6.45, 7) is 2.30. The fourth-order valence-corrected chi connectivity index (χ4v) is 3.92. The zero-order valence-corrected chi connectivity index (χ0v) is 17.9. The number of benzene rings is 2. The number of carbonyl (C=O) groups is 4. The molecule has 2 N–H and O–H groups in total. The third-order valence-electron chi connectivity index (χ3n) is 5.59. The number of nitrogens with zero attached hydrogens (tertiary/aromatic N) is 2. The zero-order valence-electron chi connectivity index (χ0n) is 17.9. The molecule has 2 fully saturated rings. The Labute approximate surface area is 185 Å². The summed E-state index contributed by atoms with van der Waals surface area (Å²) in [5, 5.41) is 5.33. The second-order valence-corrected chi connectivity index (χ2v) is 7.91. The van der Waals surface area contributed by atoms with E-state index in [9.17, 15) is 19.2 Å². The summed E-state index contributed by atoms with van der Waals surface area (Å²) in [7, 11) is 1.55. The zero-order chi connectivity index (χ0) is 22.8. The molecule has 9 heteroatoms. The first kappa shape index (κ1) is 21.4. The number of nitrogens with one attached hydrogen (secondary N) is 2. The predicted molar refractivity (Wildman–Crippen MR) is 117 cm³/mol. The molecule has 5 amide bonds. The molecule has 1 atom stereocenters. The van der Waals surface area contributed by atoms with Crippen molar-refractivity contribution in [2.75, 3.05) is 30.4 Å². The molecule has 2 aromatic carbocycles. The normalized spacial score (nSPS) is 18.2. The van der Waals surface area contributed by atoms with E-state index >= 15 is 0 Å². The molecule has 0 spiro atoms. The Balaban J connectivity index is 1.44. The van der Waals surface area contributed by atoms with E-state index in [-0.39, 0.29) is 43.8 Å². The second kappa shape index (κ2) is 8.70. The maximum Gasteiger partial charge on any atom is 0.324 e. The van der Waals surface area contributed by atoms with Crippen molar-refractivity contribution in [3.05, 3.63) is 53.6 Å². The molecule has 2 aromatic rings. The standard InChI is InChI=1S/C23H24N4O5/c1-14-6-7-19(32-2)18(8-14)26-13-16(10-20(26)28)22(30)25-17-5-3-4-15(9-17)12-27-21(29)11-24-23(27)31/h3-9,16H,10-13H2,1-2H3,(H,24,31)(H,25,30). The molecule has 0 aliphatic carbocycles. The SMILES string of the molecule is COc1ccc(C)cc1N1CC(C(=O)Nc2cccc(CN3C(=O)CNC3=O)c2)CC1=O. The largest absolute Gasteiger partial charge is 0.495 e. The summed E-state index contributed by atoms with van der Waals surface area (Å²) < 4.78 is 5.38. The minimum absolute atomic E-state index is 0.00675. The maximum atomic E-state index is 12.9. The van der Waals surface area contributed by atoms with Crippen LogP contribution in [-0.2, 0) is 20.9 Å². The molecule has 2 saturated heterocycles. The monoisotopic (exact) mass is 436 g/mol. The third kappa shape index (κ3) is 4.27. The maximum absolute atomic E-state index is 12.9. The van der Waals surface area contributed by atoms with Gasteiger partial charge < -0.3 is 20.3 Å². The van der Waals surface area contributed by atoms with Crippen molar-refractivity contribution in [3.8, 4) is 5.75 Å². The molecular weight excluding hydrogens is 412 g/mol. The van der Waals surface area contributed by atoms with Crippen molar-refractivity contribution in [3.63, 3.8) is 0 Å². The molecule has 2 aliphatic rings. The number of imide groups is 1. The number of urea groups is 1. The van der Waals surface area contributed by atoms with E-state index in [4.69, 9.17) is 4.74 Å². The first-order valence-corrected chi connectivity index (χ1v) is 10.3. The molecule has 0 saturated carbocycles. The minimum Gasteiger partial charge on any atom is -0.495 e. The quantitative estimate of drug-likeness (QED) is 0.674. The summed E-state index contributed by atoms with van der Waals surface area (Å²) in [6.07, 6.45) is 0.102. The molecule has 4 rings (SSSR count). The first-order valence-electron chi connectivity index (χ1n) is 10.3. The number of hydrogen-bond donors (Lipinski definition) is 2. The van der Waals surface area contributed by atoms with Gasteiger partial charge in [-0.15, -0.1) is 0 Å². The van der Waals surface area contributed by atoms with Crippen molar-refractivity contribution in [2.24, 2.45) is 5.92 Å². The van der Waals surface area contributed by atoms with Gasteiger partial charge in [-0.3, -0.25) is 19.3 Å². The van der Waals surface area contributed by atoms with Crippen LogP contribution >= 0.6 is 0 Å². The Morgan fingerprint density at radius 2 is 1.97 bits per heavy atom. The van der Waals surface area contributed by atoms with Crippen LogP contribution in [0.2, 0.25) is 0 Å². The number of carbonyl (C=O) groups excluding carboxylic acids is 4. The molecule has 2 aliphatic heterocycles. The predicted octanol–water partition coefficient (Wildman–Crippen LogP) is 2.05. The van der Waals surface area contributed by atoms with Gasteiger partial charge in [0, 0.05) is 18.7 Å². The van der Waals surface area contributed by atoms with Gasteiger partial charge in [-0.1, -0.05) is 18.2 Å². The van der Waals surface area contributed by atoms with Crippen LogP contribution < -0.4 is 20.3 Å². The highest BCUT2D eigenvalue weighted by molar-refractivity contribution is 6.04. The van der Waals surface area contributed by atoms with Crippen LogP contribution in [0.4, 0.5) is 16.2 Å². The molecule has 0 bridgehead atoms. The van der Waals surface area contributed by atoms with Gasteiger partial charge in [-0.2, -0.15) is 0 Å². The second-order valence-electron chi connectivity index (χ2n) is 7.91. The Bertz CT molecular complexity index is 1080. The number of amides is 5. The molecule has 1 unspecified atom stereocenters. The smallest absolute Gasteiger partial charge is 0.324 e. The van der Waals surface area contributed by atoms with Gasteiger partial charge in [0.25, 0.3) is 0 Å². The Hall–Kier alpha value is -3.88. The van der Waals surface area contributed by atoms with E-state index < -0.39 is 11.9 Å². The summed E-state index contributed by atoms with van der Waals surface area (Å²) in [6, 6.07) is 12.1. The van der Waals surface area contributed by atoms with Crippen molar-refractivity contribution in [1.29, 1.82) is 0 Å². The van der Waals surface area contributed by atoms with Gasteiger partial charge in [-0.25, -0.2) is 4.79 Å². The molecule has 0 aromatic heterocycles. The number of anilines is 2. The Morgan fingerprint density at radius 3 is 2.69 bits per heavy atom. The Kier molecular flexibility index (Phi) is 5.81. The van der Waals surface area contributed by atoms with Crippen LogP contribution in [0.15, 0.2) is 42.5 Å². The summed E-state index contributed by atoms with van der Waals surface area (Å²) in [5.74, 6) is -0.623. The number of hydrogen-bond acceptors (Lipinski definition) is 5. The van der Waals surface area contributed by atoms with Crippen molar-refractivity contribution >= 4 is 35.1 Å². The van der Waals surface area contributed by atoms with Gasteiger partial charge in [0.05, 0.1) is 31.8 Å². The van der Waals surface area contributed by atoms with Crippen LogP contribution in [0.5, 0.6) is 5.75 Å². The van der Waals surface area contributed by atoms with Crippen molar-refractivity contribution < 1.29 is 23.9 Å². The lowest BCUT2D eigenvalue weighted by Crippen LogP contribution is -2.30. The fourth-order valence-electron chi connectivity index (χ4n) is 3.92. The molecule has 166 valence electrons. The average Bonchev–Trinajstić information content (AvgIpc) is 3.31. The van der Waals surface area contributed by atoms with Crippen LogP contribution in [0.25, 0.3) is 0 Å². The molecule has 9 nitrogen and oxygen atoms in total. The van der Waals surface area contributed by atoms with Crippen molar-refractivity contribution in [2.45, 2.75) is 19.9 Å². The van der Waals surface area contributed by atoms with Crippen LogP contribution in [0, 0.1) is 12.8 Å². The number of aryl methyl sites for hydroxylation is 1. The van der Waals surface area contributed by atoms with E-state index in [0.29, 0.717) is 22.7 Å². The highest BCUT2D eigenvalue weighted by atomic mass is 16.5. The lowest BCUT2D eigenvalue weighted by Gasteiger charge is -2.20. The van der Waals surface area contributed by atoms with E-state index in [1.54, 1.807) is 36.3 Å². The lowest BCUT2D eigenvalue weighted by atomic mass is 10.1. The van der Waals surface area contributed by atoms with E-state index in [2.05, 4.69) is 10.6 Å². The van der Waals surface area contributed by atoms with Gasteiger partial charge in [0.1, 0.15) is 5.75 Å². The van der Waals surface area contributed by atoms with Crippen LogP contribution in [0.1, 0.15) is 17.5 Å². The lowest BCUT2D eigenvalue weighted by molar-refractivity contribution is -0.125. The van der Waals surface area contributed by atoms with Gasteiger partial charge in [0.2, 0.25) is 17.7 Å². The van der Waals surface area contributed by atoms with E-state index in [0.717, 1.165) is 10.5 Å². The highest BCUT2D eigenvalue weighted by Gasteiger charge is 2.36. The summed E-state index contributed by atoms with van der Waals surface area (Å²) >= 11 is 0. The first-order chi connectivity index (χ1) is 15.4. The van der Waals surface area contributed by atoms with Gasteiger partial charge >= 0.3 is 6.03 Å². The van der Waals surface area contributed by atoms with Crippen molar-refractivity contribution in [1.82, 2.24) is 10.2 Å². The van der Waals surface area contributed by atoms with Crippen LogP contribution in [0.3, 0.4) is 0 Å². The number of methoxy groups -OCH3 is 1. The van der Waals surface area contributed by atoms with E-state index in [1.807, 2.05) is 25.1 Å². The number of ether oxygens (including phenoxy) is 1. The highest BCUT2D eigenvalue weighted by Crippen LogP contribution is 2.34. The summed E-state index contributed by atoms with van der Waals surface area (Å²) in [4.78, 5) is 51.8. The van der Waals surface area contributed by atoms with Crippen LogP contribution in [-0.4, -0.2) is 48.9 Å². The minimum atomic E-state index is -0.512. The fraction of sp³-hybridized carbons (Fsp3) is 0.304.